The van der Waals surface area contributed by atoms with Crippen LogP contribution in [0.3, 0.4) is 0 Å². The van der Waals surface area contributed by atoms with Gasteiger partial charge in [-0.15, -0.1) is 0 Å². The van der Waals surface area contributed by atoms with Crippen molar-refractivity contribution >= 4 is 12.3 Å². The zero-order valence-corrected chi connectivity index (χ0v) is 9.80. The summed E-state index contributed by atoms with van der Waals surface area (Å²) in [6.45, 7) is 0.315. The summed E-state index contributed by atoms with van der Waals surface area (Å²) in [6.07, 6.45) is -0.629. The molecule has 0 aromatic rings. The van der Waals surface area contributed by atoms with Crippen LogP contribution in [0.2, 0.25) is 0 Å². The van der Waals surface area contributed by atoms with Crippen molar-refractivity contribution in [3.63, 3.8) is 0 Å². The van der Waals surface area contributed by atoms with Gasteiger partial charge in [0.1, 0.15) is 11.5 Å². The number of nitrogens with zero attached hydrogens (tertiary/aromatic N) is 2. The molecule has 0 saturated carbocycles. The van der Waals surface area contributed by atoms with Crippen LogP contribution in [0.25, 0.3) is 0 Å². The highest BCUT2D eigenvalue weighted by molar-refractivity contribution is 5.76. The predicted octanol–water partition coefficient (Wildman–Crippen LogP) is -2.87. The number of aliphatic hydroxyl groups is 1. The summed E-state index contributed by atoms with van der Waals surface area (Å²) in [7, 11) is 3.11. The van der Waals surface area contributed by atoms with E-state index in [0.29, 0.717) is 24.6 Å². The van der Waals surface area contributed by atoms with Crippen molar-refractivity contribution in [2.45, 2.75) is 6.23 Å². The zero-order chi connectivity index (χ0) is 13.0. The molecule has 0 fully saturated rings. The molecule has 0 saturated heterocycles. The average Bonchev–Trinajstić information content (AvgIpc) is 2.68. The first-order chi connectivity index (χ1) is 8.01. The molecule has 0 aromatic heterocycles. The molecular weight excluding hydrogens is 226 g/mol. The molecule has 2 amide bonds. The van der Waals surface area contributed by atoms with Crippen LogP contribution in [-0.2, 0) is 9.59 Å². The van der Waals surface area contributed by atoms with Gasteiger partial charge in [0, 0.05) is 14.1 Å². The molecule has 1 atom stereocenters. The number of nitrogens with one attached hydrogen (secondary N) is 2. The van der Waals surface area contributed by atoms with Gasteiger partial charge in [0.15, 0.2) is 6.23 Å². The molecule has 1 rings (SSSR count). The van der Waals surface area contributed by atoms with E-state index >= 15 is 0 Å². The number of hydrogen-bond acceptors (Lipinski definition) is 6. The minimum Gasteiger partial charge on any atom is -0.373 e. The Kier molecular flexibility index (Phi) is 4.16. The molecule has 1 heterocycles. The number of rotatable bonds is 6. The molecule has 0 aliphatic carbocycles. The summed E-state index contributed by atoms with van der Waals surface area (Å²) in [5.41, 5.74) is 5.53. The fraction of sp³-hybridized carbons (Fsp3) is 0.556. The zero-order valence-electron chi connectivity index (χ0n) is 9.80. The Morgan fingerprint density at radius 3 is 2.94 bits per heavy atom. The summed E-state index contributed by atoms with van der Waals surface area (Å²) >= 11 is 0. The minimum absolute atomic E-state index is 0.0305. The highest BCUT2D eigenvalue weighted by Gasteiger charge is 2.30. The first-order valence-corrected chi connectivity index (χ1v) is 5.05. The molecule has 1 aliphatic heterocycles. The first-order valence-electron chi connectivity index (χ1n) is 5.05. The van der Waals surface area contributed by atoms with Crippen LogP contribution in [0.1, 0.15) is 0 Å². The third-order valence-corrected chi connectivity index (χ3v) is 2.44. The van der Waals surface area contributed by atoms with Gasteiger partial charge in [-0.25, -0.2) is 0 Å². The van der Waals surface area contributed by atoms with E-state index in [1.54, 1.807) is 11.9 Å². The van der Waals surface area contributed by atoms with E-state index in [4.69, 9.17) is 5.73 Å². The average molecular weight is 243 g/mol. The van der Waals surface area contributed by atoms with E-state index in [2.05, 4.69) is 10.6 Å². The fourth-order valence-corrected chi connectivity index (χ4v) is 1.60. The van der Waals surface area contributed by atoms with Gasteiger partial charge in [-0.3, -0.25) is 9.59 Å². The van der Waals surface area contributed by atoms with E-state index in [-0.39, 0.29) is 6.54 Å². The lowest BCUT2D eigenvalue weighted by Crippen LogP contribution is -2.41. The van der Waals surface area contributed by atoms with E-state index in [9.17, 15) is 14.7 Å². The summed E-state index contributed by atoms with van der Waals surface area (Å²) in [5.74, 6) is 0.0510. The number of carbonyl (C=O) groups is 2. The highest BCUT2D eigenvalue weighted by Crippen LogP contribution is 2.17. The largest absolute Gasteiger partial charge is 0.373 e. The maximum absolute atomic E-state index is 10.9. The van der Waals surface area contributed by atoms with Crippen molar-refractivity contribution in [2.24, 2.45) is 5.73 Å². The van der Waals surface area contributed by atoms with E-state index in [0.717, 1.165) is 4.90 Å². The van der Waals surface area contributed by atoms with Crippen LogP contribution in [-0.4, -0.2) is 60.8 Å². The van der Waals surface area contributed by atoms with Crippen LogP contribution >= 0.6 is 0 Å². The van der Waals surface area contributed by atoms with Crippen molar-refractivity contribution in [2.75, 3.05) is 27.3 Å². The fourth-order valence-electron chi connectivity index (χ4n) is 1.60. The molecule has 1 unspecified atom stereocenters. The summed E-state index contributed by atoms with van der Waals surface area (Å²) in [4.78, 5) is 24.2. The number of likely N-dealkylation sites (N-methyl/N-ethyl adjacent to an activating group) is 1. The van der Waals surface area contributed by atoms with Crippen LogP contribution in [0.4, 0.5) is 0 Å². The Bertz CT molecular complexity index is 344. The highest BCUT2D eigenvalue weighted by atomic mass is 16.3. The van der Waals surface area contributed by atoms with Crippen LogP contribution in [0, 0.1) is 0 Å². The molecule has 1 aliphatic rings. The Labute approximate surface area is 99.0 Å². The first kappa shape index (κ1) is 13.1. The Balaban J connectivity index is 2.93. The van der Waals surface area contributed by atoms with E-state index in [1.165, 1.54) is 7.05 Å². The summed E-state index contributed by atoms with van der Waals surface area (Å²) < 4.78 is 0. The van der Waals surface area contributed by atoms with Crippen molar-refractivity contribution < 1.29 is 14.7 Å². The molecule has 17 heavy (non-hydrogen) atoms. The number of carbonyl (C=O) groups excluding carboxylic acids is 2. The van der Waals surface area contributed by atoms with Gasteiger partial charge in [0.2, 0.25) is 12.3 Å². The molecule has 8 heteroatoms. The Morgan fingerprint density at radius 2 is 2.47 bits per heavy atom. The van der Waals surface area contributed by atoms with E-state index < -0.39 is 12.1 Å². The minimum atomic E-state index is -1.13. The smallest absolute Gasteiger partial charge is 0.237 e. The van der Waals surface area contributed by atoms with Gasteiger partial charge in [-0.2, -0.15) is 0 Å². The quantitative estimate of drug-likeness (QED) is 0.295. The Morgan fingerprint density at radius 1 is 1.82 bits per heavy atom. The third-order valence-electron chi connectivity index (χ3n) is 2.44. The SMILES string of the molecule is CNC1=C(C(O)N(C)C=O)N(CC(N)=O)CN1. The maximum Gasteiger partial charge on any atom is 0.237 e. The monoisotopic (exact) mass is 243 g/mol. The molecule has 8 nitrogen and oxygen atoms in total. The topological polar surface area (TPSA) is 111 Å². The Hall–Kier alpha value is -1.96. The second-order valence-electron chi connectivity index (χ2n) is 3.65. The van der Waals surface area contributed by atoms with Gasteiger partial charge in [0.05, 0.1) is 13.2 Å². The summed E-state index contributed by atoms with van der Waals surface area (Å²) in [5, 5.41) is 15.8. The number of amides is 2. The summed E-state index contributed by atoms with van der Waals surface area (Å²) in [6, 6.07) is 0. The normalized spacial score (nSPS) is 16.5. The maximum atomic E-state index is 10.9. The van der Waals surface area contributed by atoms with Gasteiger partial charge in [-0.1, -0.05) is 0 Å². The van der Waals surface area contributed by atoms with Crippen molar-refractivity contribution in [1.82, 2.24) is 20.4 Å². The molecule has 0 aromatic carbocycles. The van der Waals surface area contributed by atoms with Gasteiger partial charge in [-0.05, 0) is 0 Å². The van der Waals surface area contributed by atoms with Crippen molar-refractivity contribution in [1.29, 1.82) is 0 Å². The van der Waals surface area contributed by atoms with Crippen LogP contribution in [0.15, 0.2) is 11.5 Å². The molecule has 0 bridgehead atoms. The number of primary amides is 1. The second kappa shape index (κ2) is 5.39. The van der Waals surface area contributed by atoms with Gasteiger partial charge in [0.25, 0.3) is 0 Å². The van der Waals surface area contributed by atoms with Gasteiger partial charge >= 0.3 is 0 Å². The predicted molar refractivity (Wildman–Crippen MR) is 59.8 cm³/mol. The molecule has 96 valence electrons. The lowest BCUT2D eigenvalue weighted by molar-refractivity contribution is -0.124. The lowest BCUT2D eigenvalue weighted by Gasteiger charge is -2.27. The van der Waals surface area contributed by atoms with Gasteiger partial charge < -0.3 is 31.3 Å². The lowest BCUT2D eigenvalue weighted by atomic mass is 10.3. The number of nitrogens with two attached hydrogens (primary N) is 1. The molecule has 5 N–H and O–H groups in total. The van der Waals surface area contributed by atoms with Crippen LogP contribution < -0.4 is 16.4 Å². The van der Waals surface area contributed by atoms with Crippen molar-refractivity contribution in [3.8, 4) is 0 Å². The standard InChI is InChI=1S/C9H17N5O3/c1-11-8-7(9(17)13(2)5-15)14(4-12-8)3-6(10)16/h5,9,11-12,17H,3-4H2,1-2H3,(H2,10,16). The third kappa shape index (κ3) is 2.78. The number of hydrogen-bond donors (Lipinski definition) is 4. The van der Waals surface area contributed by atoms with Crippen molar-refractivity contribution in [3.05, 3.63) is 11.5 Å². The molecular formula is C9H17N5O3. The second-order valence-corrected chi connectivity index (χ2v) is 3.65. The molecule has 0 spiro atoms. The molecule has 0 radical (unpaired) electrons. The van der Waals surface area contributed by atoms with Crippen LogP contribution in [0.5, 0.6) is 0 Å². The van der Waals surface area contributed by atoms with E-state index in [1.807, 2.05) is 0 Å². The number of aliphatic hydroxyl groups excluding tert-OH is 1.